The smallest absolute Gasteiger partial charge is 0.253 e. The number of carbonyl (C=O) groups excluding carboxylic acids is 1. The number of nitrogens with one attached hydrogen (secondary N) is 2. The molecule has 2 aromatic carbocycles. The minimum atomic E-state index is -0.309. The average Bonchev–Trinajstić information content (AvgIpc) is 2.63. The van der Waals surface area contributed by atoms with Crippen molar-refractivity contribution in [3.8, 4) is 0 Å². The van der Waals surface area contributed by atoms with Crippen LogP contribution in [0, 0.1) is 5.82 Å². The van der Waals surface area contributed by atoms with Crippen LogP contribution in [0.25, 0.3) is 0 Å². The standard InChI is InChI=1S/C19H15ClFN3O/c20-18-4-2-1-3-13(18)11-23-19(25)14-9-17(12-22-10-14)24-16-7-5-15(21)6-8-16/h1-10,12,24H,11H2,(H,23,25). The van der Waals surface area contributed by atoms with E-state index in [2.05, 4.69) is 15.6 Å². The van der Waals surface area contributed by atoms with Crippen LogP contribution in [0.5, 0.6) is 0 Å². The fourth-order valence-corrected chi connectivity index (χ4v) is 2.45. The van der Waals surface area contributed by atoms with Crippen LogP contribution in [-0.4, -0.2) is 10.9 Å². The first kappa shape index (κ1) is 16.9. The summed E-state index contributed by atoms with van der Waals surface area (Å²) in [6, 6.07) is 14.9. The van der Waals surface area contributed by atoms with Crippen LogP contribution in [0.2, 0.25) is 5.02 Å². The van der Waals surface area contributed by atoms with Gasteiger partial charge in [-0.25, -0.2) is 4.39 Å². The number of hydrogen-bond donors (Lipinski definition) is 2. The van der Waals surface area contributed by atoms with Crippen molar-refractivity contribution >= 4 is 28.9 Å². The molecule has 0 spiro atoms. The Hall–Kier alpha value is -2.92. The number of benzene rings is 2. The summed E-state index contributed by atoms with van der Waals surface area (Å²) < 4.78 is 12.9. The molecule has 0 aliphatic rings. The van der Waals surface area contributed by atoms with E-state index in [1.54, 1.807) is 30.5 Å². The molecule has 0 unspecified atom stereocenters. The summed E-state index contributed by atoms with van der Waals surface area (Å²) >= 11 is 6.08. The van der Waals surface area contributed by atoms with Gasteiger partial charge in [0.05, 0.1) is 17.4 Å². The van der Waals surface area contributed by atoms with Gasteiger partial charge < -0.3 is 10.6 Å². The van der Waals surface area contributed by atoms with Gasteiger partial charge in [-0.1, -0.05) is 29.8 Å². The minimum absolute atomic E-state index is 0.254. The zero-order valence-electron chi connectivity index (χ0n) is 13.2. The molecule has 0 radical (unpaired) electrons. The molecule has 0 fully saturated rings. The van der Waals surface area contributed by atoms with Gasteiger partial charge in [-0.15, -0.1) is 0 Å². The molecule has 0 saturated heterocycles. The summed E-state index contributed by atoms with van der Waals surface area (Å²) in [4.78, 5) is 16.4. The van der Waals surface area contributed by atoms with Gasteiger partial charge in [-0.2, -0.15) is 0 Å². The van der Waals surface area contributed by atoms with Crippen molar-refractivity contribution in [1.29, 1.82) is 0 Å². The van der Waals surface area contributed by atoms with Crippen molar-refractivity contribution in [1.82, 2.24) is 10.3 Å². The molecular weight excluding hydrogens is 341 g/mol. The molecule has 25 heavy (non-hydrogen) atoms. The topological polar surface area (TPSA) is 54.0 Å². The second kappa shape index (κ2) is 7.77. The van der Waals surface area contributed by atoms with E-state index in [-0.39, 0.29) is 11.7 Å². The molecule has 0 saturated carbocycles. The second-order valence-corrected chi connectivity index (χ2v) is 5.78. The van der Waals surface area contributed by atoms with Gasteiger partial charge in [0.2, 0.25) is 0 Å². The molecule has 0 aliphatic heterocycles. The number of amides is 1. The van der Waals surface area contributed by atoms with Crippen molar-refractivity contribution in [2.75, 3.05) is 5.32 Å². The summed E-state index contributed by atoms with van der Waals surface area (Å²) in [6.07, 6.45) is 3.08. The lowest BCUT2D eigenvalue weighted by atomic mass is 10.2. The third-order valence-electron chi connectivity index (χ3n) is 3.53. The first-order chi connectivity index (χ1) is 12.1. The Bertz CT molecular complexity index is 884. The Kier molecular flexibility index (Phi) is 5.26. The largest absolute Gasteiger partial charge is 0.354 e. The first-order valence-electron chi connectivity index (χ1n) is 7.61. The number of carbonyl (C=O) groups is 1. The van der Waals surface area contributed by atoms with Crippen LogP contribution in [0.4, 0.5) is 15.8 Å². The molecule has 1 heterocycles. The number of aromatic nitrogens is 1. The Morgan fingerprint density at radius 3 is 2.56 bits per heavy atom. The van der Waals surface area contributed by atoms with Crippen molar-refractivity contribution in [2.45, 2.75) is 6.54 Å². The molecule has 1 aromatic heterocycles. The van der Waals surface area contributed by atoms with E-state index in [4.69, 9.17) is 11.6 Å². The molecular formula is C19H15ClFN3O. The highest BCUT2D eigenvalue weighted by Gasteiger charge is 2.08. The summed E-state index contributed by atoms with van der Waals surface area (Å²) in [5.74, 6) is -0.563. The van der Waals surface area contributed by atoms with E-state index in [0.29, 0.717) is 28.5 Å². The zero-order valence-corrected chi connectivity index (χ0v) is 13.9. The highest BCUT2D eigenvalue weighted by atomic mass is 35.5. The Balaban J connectivity index is 1.67. The van der Waals surface area contributed by atoms with Crippen LogP contribution in [0.1, 0.15) is 15.9 Å². The number of hydrogen-bond acceptors (Lipinski definition) is 3. The molecule has 1 amide bonds. The highest BCUT2D eigenvalue weighted by Crippen LogP contribution is 2.18. The lowest BCUT2D eigenvalue weighted by molar-refractivity contribution is 0.0950. The molecule has 0 aliphatic carbocycles. The van der Waals surface area contributed by atoms with Crippen LogP contribution < -0.4 is 10.6 Å². The Morgan fingerprint density at radius 1 is 1.04 bits per heavy atom. The third kappa shape index (κ3) is 4.55. The monoisotopic (exact) mass is 355 g/mol. The lowest BCUT2D eigenvalue weighted by Crippen LogP contribution is -2.23. The van der Waals surface area contributed by atoms with E-state index in [0.717, 1.165) is 5.56 Å². The predicted octanol–water partition coefficient (Wildman–Crippen LogP) is 4.55. The van der Waals surface area contributed by atoms with Gasteiger partial charge in [0, 0.05) is 23.5 Å². The van der Waals surface area contributed by atoms with E-state index in [1.807, 2.05) is 18.2 Å². The lowest BCUT2D eigenvalue weighted by Gasteiger charge is -2.09. The van der Waals surface area contributed by atoms with Crippen molar-refractivity contribution in [3.63, 3.8) is 0 Å². The SMILES string of the molecule is O=C(NCc1ccccc1Cl)c1cncc(Nc2ccc(F)cc2)c1. The fraction of sp³-hybridized carbons (Fsp3) is 0.0526. The van der Waals surface area contributed by atoms with Gasteiger partial charge in [0.1, 0.15) is 5.82 Å². The normalized spacial score (nSPS) is 10.3. The van der Waals surface area contributed by atoms with Gasteiger partial charge in [-0.3, -0.25) is 9.78 Å². The van der Waals surface area contributed by atoms with E-state index in [1.165, 1.54) is 18.3 Å². The van der Waals surface area contributed by atoms with E-state index < -0.39 is 0 Å². The molecule has 4 nitrogen and oxygen atoms in total. The van der Waals surface area contributed by atoms with Crippen molar-refractivity contribution in [3.05, 3.63) is 89.0 Å². The first-order valence-corrected chi connectivity index (χ1v) is 7.99. The van der Waals surface area contributed by atoms with Crippen LogP contribution in [-0.2, 0) is 6.54 Å². The molecule has 0 bridgehead atoms. The number of pyridine rings is 1. The number of nitrogens with zero attached hydrogens (tertiary/aromatic N) is 1. The second-order valence-electron chi connectivity index (χ2n) is 5.37. The number of rotatable bonds is 5. The molecule has 2 N–H and O–H groups in total. The summed E-state index contributed by atoms with van der Waals surface area (Å²) in [5.41, 5.74) is 2.60. The Labute approximate surface area is 149 Å². The molecule has 3 aromatic rings. The third-order valence-corrected chi connectivity index (χ3v) is 3.90. The van der Waals surface area contributed by atoms with Crippen LogP contribution in [0.3, 0.4) is 0 Å². The average molecular weight is 356 g/mol. The van der Waals surface area contributed by atoms with Crippen molar-refractivity contribution in [2.24, 2.45) is 0 Å². The maximum atomic E-state index is 12.9. The maximum absolute atomic E-state index is 12.9. The van der Waals surface area contributed by atoms with Crippen molar-refractivity contribution < 1.29 is 9.18 Å². The van der Waals surface area contributed by atoms with Crippen LogP contribution in [0.15, 0.2) is 67.0 Å². The molecule has 0 atom stereocenters. The van der Waals surface area contributed by atoms with Gasteiger partial charge >= 0.3 is 0 Å². The van der Waals surface area contributed by atoms with Crippen LogP contribution >= 0.6 is 11.6 Å². The predicted molar refractivity (Wildman–Crippen MR) is 96.5 cm³/mol. The molecule has 126 valence electrons. The van der Waals surface area contributed by atoms with Gasteiger partial charge in [0.15, 0.2) is 0 Å². The summed E-state index contributed by atoms with van der Waals surface area (Å²) in [7, 11) is 0. The fourth-order valence-electron chi connectivity index (χ4n) is 2.25. The van der Waals surface area contributed by atoms with E-state index >= 15 is 0 Å². The number of halogens is 2. The maximum Gasteiger partial charge on any atom is 0.253 e. The van der Waals surface area contributed by atoms with Gasteiger partial charge in [0.25, 0.3) is 5.91 Å². The summed E-state index contributed by atoms with van der Waals surface area (Å²) in [6.45, 7) is 0.328. The Morgan fingerprint density at radius 2 is 1.80 bits per heavy atom. The zero-order chi connectivity index (χ0) is 17.6. The van der Waals surface area contributed by atoms with E-state index in [9.17, 15) is 9.18 Å². The highest BCUT2D eigenvalue weighted by molar-refractivity contribution is 6.31. The molecule has 3 rings (SSSR count). The number of anilines is 2. The summed E-state index contributed by atoms with van der Waals surface area (Å²) in [5, 5.41) is 6.50. The minimum Gasteiger partial charge on any atom is -0.354 e. The molecule has 6 heteroatoms. The quantitative estimate of drug-likeness (QED) is 0.706. The van der Waals surface area contributed by atoms with Gasteiger partial charge in [-0.05, 0) is 42.0 Å².